The normalized spacial score (nSPS) is 20.7. The number of ether oxygens (including phenoxy) is 1. The van der Waals surface area contributed by atoms with Gasteiger partial charge in [0, 0.05) is 24.3 Å². The summed E-state index contributed by atoms with van der Waals surface area (Å²) in [5.74, 6) is 1.37. The Morgan fingerprint density at radius 2 is 2.31 bits per heavy atom. The maximum atomic E-state index is 5.12. The van der Waals surface area contributed by atoms with E-state index in [2.05, 4.69) is 30.4 Å². The fourth-order valence-electron chi connectivity index (χ4n) is 1.32. The third-order valence-electron chi connectivity index (χ3n) is 2.05. The second-order valence-corrected chi connectivity index (χ2v) is 3.80. The zero-order valence-corrected chi connectivity index (χ0v) is 8.30. The number of thiophene rings is 1. The summed E-state index contributed by atoms with van der Waals surface area (Å²) in [7, 11) is 1.70. The molecule has 0 atom stereocenters. The van der Waals surface area contributed by atoms with Crippen molar-refractivity contribution in [1.29, 1.82) is 0 Å². The fraction of sp³-hybridized carbons (Fsp3) is 0.182. The molecule has 1 aromatic rings. The van der Waals surface area contributed by atoms with Gasteiger partial charge in [0.25, 0.3) is 0 Å². The van der Waals surface area contributed by atoms with Gasteiger partial charge in [-0.1, -0.05) is 6.07 Å². The molecule has 0 N–H and O–H groups in total. The van der Waals surface area contributed by atoms with Gasteiger partial charge in [0.15, 0.2) is 0 Å². The molecule has 1 aliphatic carbocycles. The van der Waals surface area contributed by atoms with E-state index in [4.69, 9.17) is 4.74 Å². The van der Waals surface area contributed by atoms with Crippen molar-refractivity contribution in [2.45, 2.75) is 6.42 Å². The Morgan fingerprint density at radius 1 is 1.38 bits per heavy atom. The molecule has 2 rings (SSSR count). The molecule has 0 spiro atoms. The smallest absolute Gasteiger partial charge is 0.104 e. The second kappa shape index (κ2) is 4.25. The predicted octanol–water partition coefficient (Wildman–Crippen LogP) is 2.87. The first kappa shape index (κ1) is 9.22. The van der Waals surface area contributed by atoms with Crippen LogP contribution in [0.15, 0.2) is 17.5 Å². The molecule has 0 amide bonds. The molecule has 2 heteroatoms. The lowest BCUT2D eigenvalue weighted by molar-refractivity contribution is 0.234. The van der Waals surface area contributed by atoms with E-state index in [1.165, 1.54) is 10.8 Å². The van der Waals surface area contributed by atoms with Crippen molar-refractivity contribution in [1.82, 2.24) is 0 Å². The second-order valence-electron chi connectivity index (χ2n) is 2.85. The molecule has 1 nitrogen and oxygen atoms in total. The van der Waals surface area contributed by atoms with Gasteiger partial charge in [0.1, 0.15) is 6.10 Å². The molecule has 0 aliphatic heterocycles. The third-order valence-corrected chi connectivity index (χ3v) is 2.99. The highest BCUT2D eigenvalue weighted by Gasteiger charge is 2.24. The van der Waals surface area contributed by atoms with Crippen molar-refractivity contribution in [2.75, 3.05) is 7.11 Å². The summed E-state index contributed by atoms with van der Waals surface area (Å²) in [5, 5.41) is 2.10. The van der Waals surface area contributed by atoms with Crippen LogP contribution in [0.5, 0.6) is 0 Å². The Labute approximate surface area is 83.7 Å². The van der Waals surface area contributed by atoms with Gasteiger partial charge in [-0.3, -0.25) is 0 Å². The summed E-state index contributed by atoms with van der Waals surface area (Å²) in [6.45, 7) is 0. The van der Waals surface area contributed by atoms with E-state index in [0.29, 0.717) is 0 Å². The summed E-state index contributed by atoms with van der Waals surface area (Å²) in [4.78, 5) is 1.35. The monoisotopic (exact) mass is 191 g/mol. The molecule has 1 aromatic heterocycles. The van der Waals surface area contributed by atoms with Crippen LogP contribution in [-0.4, -0.2) is 7.11 Å². The molecule has 0 saturated heterocycles. The minimum atomic E-state index is 0.959. The van der Waals surface area contributed by atoms with Crippen LogP contribution < -0.4 is 0 Å². The van der Waals surface area contributed by atoms with Gasteiger partial charge in [-0.25, -0.2) is 0 Å². The Hall–Kier alpha value is -0.340. The minimum absolute atomic E-state index is 0.959. The molecule has 5 radical (unpaired) electrons. The van der Waals surface area contributed by atoms with E-state index in [0.717, 1.165) is 12.5 Å². The van der Waals surface area contributed by atoms with Crippen molar-refractivity contribution in [3.8, 4) is 0 Å². The molecular weight excluding hydrogens is 180 g/mol. The van der Waals surface area contributed by atoms with E-state index >= 15 is 0 Å². The van der Waals surface area contributed by atoms with E-state index in [1.807, 2.05) is 6.42 Å². The minimum Gasteiger partial charge on any atom is -0.375 e. The summed E-state index contributed by atoms with van der Waals surface area (Å²) in [6.07, 6.45) is 8.18. The number of methoxy groups -OCH3 is 1. The van der Waals surface area contributed by atoms with Gasteiger partial charge in [0.05, 0.1) is 0 Å². The van der Waals surface area contributed by atoms with Crippen LogP contribution in [0.2, 0.25) is 0 Å². The molecule has 1 aliphatic rings. The molecule has 67 valence electrons. The maximum Gasteiger partial charge on any atom is 0.104 e. The lowest BCUT2D eigenvalue weighted by Crippen LogP contribution is -2.14. The topological polar surface area (TPSA) is 9.23 Å². The van der Waals surface area contributed by atoms with E-state index in [1.54, 1.807) is 18.4 Å². The Balaban J connectivity index is 1.92. The molecule has 1 heterocycles. The van der Waals surface area contributed by atoms with Crippen LogP contribution >= 0.6 is 11.3 Å². The van der Waals surface area contributed by atoms with Crippen molar-refractivity contribution in [3.05, 3.63) is 53.7 Å². The summed E-state index contributed by atoms with van der Waals surface area (Å²) < 4.78 is 5.12. The molecular formula is C11H11OS. The van der Waals surface area contributed by atoms with Crippen molar-refractivity contribution in [3.63, 3.8) is 0 Å². The average Bonchev–Trinajstić information content (AvgIpc) is 2.71. The Morgan fingerprint density at radius 3 is 2.85 bits per heavy atom. The van der Waals surface area contributed by atoms with Crippen LogP contribution in [0.3, 0.4) is 0 Å². The quantitative estimate of drug-likeness (QED) is 0.698. The molecule has 1 fully saturated rings. The summed E-state index contributed by atoms with van der Waals surface area (Å²) in [5.41, 5.74) is 0. The van der Waals surface area contributed by atoms with Crippen LogP contribution in [-0.2, 0) is 4.74 Å². The van der Waals surface area contributed by atoms with Crippen molar-refractivity contribution < 1.29 is 4.74 Å². The Bertz CT molecular complexity index is 235. The predicted molar refractivity (Wildman–Crippen MR) is 54.4 cm³/mol. The highest BCUT2D eigenvalue weighted by atomic mass is 32.1. The third kappa shape index (κ3) is 2.12. The molecule has 0 unspecified atom stereocenters. The Kier molecular flexibility index (Phi) is 3.01. The highest BCUT2D eigenvalue weighted by Crippen LogP contribution is 2.35. The highest BCUT2D eigenvalue weighted by molar-refractivity contribution is 7.10. The maximum absolute atomic E-state index is 5.12. The molecule has 0 bridgehead atoms. The van der Waals surface area contributed by atoms with E-state index in [-0.39, 0.29) is 0 Å². The molecule has 0 aromatic carbocycles. The van der Waals surface area contributed by atoms with Gasteiger partial charge < -0.3 is 4.74 Å². The van der Waals surface area contributed by atoms with E-state index in [9.17, 15) is 0 Å². The summed E-state index contributed by atoms with van der Waals surface area (Å²) >= 11 is 1.78. The first-order chi connectivity index (χ1) is 6.40. The van der Waals surface area contributed by atoms with Crippen LogP contribution in [0.25, 0.3) is 0 Å². The van der Waals surface area contributed by atoms with Crippen LogP contribution in [0.1, 0.15) is 11.3 Å². The van der Waals surface area contributed by atoms with Crippen LogP contribution in [0.4, 0.5) is 0 Å². The zero-order valence-electron chi connectivity index (χ0n) is 7.49. The number of rotatable bonds is 2. The van der Waals surface area contributed by atoms with Crippen molar-refractivity contribution in [2.24, 2.45) is 0 Å². The molecule has 1 saturated carbocycles. The lowest BCUT2D eigenvalue weighted by Gasteiger charge is -2.24. The summed E-state index contributed by atoms with van der Waals surface area (Å²) in [6, 6.07) is 4.23. The number of hydrogen-bond donors (Lipinski definition) is 0. The molecule has 13 heavy (non-hydrogen) atoms. The first-order valence-electron chi connectivity index (χ1n) is 4.22. The van der Waals surface area contributed by atoms with Crippen LogP contribution in [0, 0.1) is 31.3 Å². The zero-order chi connectivity index (χ0) is 9.10. The standard InChI is InChI=1S/C11H11OS/c1-12-10-6-4-9(5-7-10)11-3-2-8-13-11/h2-4,6-8H,5H2,1H3. The van der Waals surface area contributed by atoms with Gasteiger partial charge in [-0.05, 0) is 30.7 Å². The number of hydrogen-bond acceptors (Lipinski definition) is 2. The fourth-order valence-corrected chi connectivity index (χ4v) is 2.09. The van der Waals surface area contributed by atoms with Gasteiger partial charge in [-0.2, -0.15) is 0 Å². The van der Waals surface area contributed by atoms with Gasteiger partial charge in [0.2, 0.25) is 0 Å². The first-order valence-corrected chi connectivity index (χ1v) is 5.10. The average molecular weight is 191 g/mol. The van der Waals surface area contributed by atoms with Crippen molar-refractivity contribution >= 4 is 11.3 Å². The van der Waals surface area contributed by atoms with E-state index < -0.39 is 0 Å². The largest absolute Gasteiger partial charge is 0.375 e. The SMILES string of the molecule is CO[C]1[CH][CH][C](c2cccs2)C[CH]1. The van der Waals surface area contributed by atoms with Gasteiger partial charge >= 0.3 is 0 Å². The van der Waals surface area contributed by atoms with Gasteiger partial charge in [-0.15, -0.1) is 11.3 Å². The lowest BCUT2D eigenvalue weighted by atomic mass is 9.86.